The first-order chi connectivity index (χ1) is 7.22. The highest BCUT2D eigenvalue weighted by molar-refractivity contribution is 5.49. The molecule has 0 unspecified atom stereocenters. The van der Waals surface area contributed by atoms with E-state index in [0.717, 1.165) is 23.7 Å². The summed E-state index contributed by atoms with van der Waals surface area (Å²) in [6.07, 6.45) is 5.70. The van der Waals surface area contributed by atoms with Crippen molar-refractivity contribution in [2.45, 2.75) is 26.7 Å². The van der Waals surface area contributed by atoms with E-state index in [1.807, 2.05) is 23.0 Å². The maximum atomic E-state index is 4.37. The molecule has 4 nitrogen and oxygen atoms in total. The summed E-state index contributed by atoms with van der Waals surface area (Å²) in [5, 5.41) is 3.27. The largest absolute Gasteiger partial charge is 0.370 e. The Bertz CT molecular complexity index is 459. The van der Waals surface area contributed by atoms with Gasteiger partial charge < -0.3 is 5.32 Å². The van der Waals surface area contributed by atoms with Gasteiger partial charge in [-0.1, -0.05) is 13.8 Å². The van der Waals surface area contributed by atoms with Gasteiger partial charge >= 0.3 is 0 Å². The second kappa shape index (κ2) is 3.88. The molecule has 2 aromatic heterocycles. The lowest BCUT2D eigenvalue weighted by atomic mass is 10.1. The molecule has 0 atom stereocenters. The normalized spacial score (nSPS) is 11.2. The Labute approximate surface area is 89.4 Å². The molecule has 1 N–H and O–H groups in total. The van der Waals surface area contributed by atoms with Crippen molar-refractivity contribution >= 4 is 11.5 Å². The Morgan fingerprint density at radius 3 is 2.80 bits per heavy atom. The second-order valence-corrected chi connectivity index (χ2v) is 3.87. The summed E-state index contributed by atoms with van der Waals surface area (Å²) in [6.45, 7) is 7.24. The van der Waals surface area contributed by atoms with Gasteiger partial charge in [0.25, 0.3) is 0 Å². The molecule has 2 aromatic rings. The highest BCUT2D eigenvalue weighted by atomic mass is 15.1. The van der Waals surface area contributed by atoms with Gasteiger partial charge in [0.15, 0.2) is 5.65 Å². The molecule has 0 aliphatic rings. The average Bonchev–Trinajstić information content (AvgIpc) is 2.61. The number of imidazole rings is 1. The Morgan fingerprint density at radius 1 is 1.33 bits per heavy atom. The zero-order chi connectivity index (χ0) is 10.8. The molecule has 0 bridgehead atoms. The number of fused-ring (bicyclic) bond motifs is 1. The van der Waals surface area contributed by atoms with Crippen LogP contribution in [-0.2, 0) is 0 Å². The smallest absolute Gasteiger partial charge is 0.156 e. The van der Waals surface area contributed by atoms with Crippen molar-refractivity contribution in [3.05, 3.63) is 24.3 Å². The maximum Gasteiger partial charge on any atom is 0.156 e. The van der Waals surface area contributed by atoms with E-state index in [2.05, 4.69) is 36.1 Å². The third kappa shape index (κ3) is 1.79. The van der Waals surface area contributed by atoms with E-state index < -0.39 is 0 Å². The summed E-state index contributed by atoms with van der Waals surface area (Å²) < 4.78 is 2.05. The monoisotopic (exact) mass is 204 g/mol. The first kappa shape index (κ1) is 9.96. The molecule has 0 saturated heterocycles. The third-order valence-corrected chi connectivity index (χ3v) is 2.37. The van der Waals surface area contributed by atoms with Crippen molar-refractivity contribution in [1.29, 1.82) is 0 Å². The molecular weight excluding hydrogens is 188 g/mol. The summed E-state index contributed by atoms with van der Waals surface area (Å²) in [4.78, 5) is 8.64. The number of nitrogens with zero attached hydrogens (tertiary/aromatic N) is 3. The number of hydrogen-bond acceptors (Lipinski definition) is 3. The van der Waals surface area contributed by atoms with Crippen LogP contribution in [0.1, 0.15) is 32.4 Å². The molecule has 0 spiro atoms. The summed E-state index contributed by atoms with van der Waals surface area (Å²) >= 11 is 0. The predicted octanol–water partition coefficient (Wildman–Crippen LogP) is 2.28. The van der Waals surface area contributed by atoms with Crippen LogP contribution in [-0.4, -0.2) is 20.9 Å². The van der Waals surface area contributed by atoms with Crippen molar-refractivity contribution < 1.29 is 0 Å². The van der Waals surface area contributed by atoms with Gasteiger partial charge in [0, 0.05) is 12.7 Å². The van der Waals surface area contributed by atoms with Crippen LogP contribution in [0.2, 0.25) is 0 Å². The van der Waals surface area contributed by atoms with Crippen molar-refractivity contribution in [3.63, 3.8) is 0 Å². The van der Waals surface area contributed by atoms with Crippen molar-refractivity contribution in [2.75, 3.05) is 11.9 Å². The summed E-state index contributed by atoms with van der Waals surface area (Å²) in [5.74, 6) is 1.46. The molecule has 15 heavy (non-hydrogen) atoms. The molecule has 4 heteroatoms. The van der Waals surface area contributed by atoms with E-state index >= 15 is 0 Å². The van der Waals surface area contributed by atoms with Crippen LogP contribution in [0.15, 0.2) is 18.6 Å². The van der Waals surface area contributed by atoms with Gasteiger partial charge in [-0.2, -0.15) is 0 Å². The van der Waals surface area contributed by atoms with E-state index in [1.54, 1.807) is 0 Å². The van der Waals surface area contributed by atoms with Crippen LogP contribution in [0.25, 0.3) is 5.65 Å². The van der Waals surface area contributed by atoms with Crippen molar-refractivity contribution in [2.24, 2.45) is 0 Å². The topological polar surface area (TPSA) is 42.2 Å². The molecule has 0 radical (unpaired) electrons. The fraction of sp³-hybridized carbons (Fsp3) is 0.455. The van der Waals surface area contributed by atoms with Gasteiger partial charge in [-0.3, -0.25) is 9.38 Å². The standard InChI is InChI=1S/C11H16N4/c1-4-12-10-6-14-11-5-13-9(8(2)3)7-15(10)11/h5-8,12H,4H2,1-3H3. The lowest BCUT2D eigenvalue weighted by Crippen LogP contribution is -2.02. The molecule has 80 valence electrons. The zero-order valence-corrected chi connectivity index (χ0v) is 9.36. The quantitative estimate of drug-likeness (QED) is 0.834. The van der Waals surface area contributed by atoms with Crippen LogP contribution in [0, 0.1) is 0 Å². The van der Waals surface area contributed by atoms with Gasteiger partial charge in [0.05, 0.1) is 18.1 Å². The van der Waals surface area contributed by atoms with Crippen LogP contribution in [0.4, 0.5) is 5.82 Å². The molecule has 2 rings (SSSR count). The van der Waals surface area contributed by atoms with Crippen LogP contribution >= 0.6 is 0 Å². The van der Waals surface area contributed by atoms with Gasteiger partial charge in [0.2, 0.25) is 0 Å². The minimum Gasteiger partial charge on any atom is -0.370 e. The Balaban J connectivity index is 2.51. The minimum atomic E-state index is 0.436. The molecule has 0 saturated carbocycles. The molecular formula is C11H16N4. The van der Waals surface area contributed by atoms with Gasteiger partial charge in [-0.15, -0.1) is 0 Å². The van der Waals surface area contributed by atoms with E-state index in [0.29, 0.717) is 5.92 Å². The summed E-state index contributed by atoms with van der Waals surface area (Å²) in [5.41, 5.74) is 1.97. The summed E-state index contributed by atoms with van der Waals surface area (Å²) in [6, 6.07) is 0. The van der Waals surface area contributed by atoms with Crippen LogP contribution < -0.4 is 5.32 Å². The number of anilines is 1. The lowest BCUT2D eigenvalue weighted by Gasteiger charge is -2.07. The molecule has 0 fully saturated rings. The minimum absolute atomic E-state index is 0.436. The van der Waals surface area contributed by atoms with E-state index in [1.165, 1.54) is 0 Å². The van der Waals surface area contributed by atoms with Gasteiger partial charge in [0.1, 0.15) is 5.82 Å². The van der Waals surface area contributed by atoms with Crippen molar-refractivity contribution in [3.8, 4) is 0 Å². The molecule has 0 aliphatic heterocycles. The van der Waals surface area contributed by atoms with Crippen LogP contribution in [0.5, 0.6) is 0 Å². The fourth-order valence-corrected chi connectivity index (χ4v) is 1.51. The molecule has 0 aliphatic carbocycles. The van der Waals surface area contributed by atoms with E-state index in [4.69, 9.17) is 0 Å². The molecule has 0 aromatic carbocycles. The van der Waals surface area contributed by atoms with E-state index in [9.17, 15) is 0 Å². The first-order valence-electron chi connectivity index (χ1n) is 5.29. The Kier molecular flexibility index (Phi) is 2.58. The van der Waals surface area contributed by atoms with Crippen molar-refractivity contribution in [1.82, 2.24) is 14.4 Å². The van der Waals surface area contributed by atoms with Gasteiger partial charge in [-0.25, -0.2) is 4.98 Å². The fourth-order valence-electron chi connectivity index (χ4n) is 1.51. The zero-order valence-electron chi connectivity index (χ0n) is 9.36. The van der Waals surface area contributed by atoms with Crippen LogP contribution in [0.3, 0.4) is 0 Å². The van der Waals surface area contributed by atoms with E-state index in [-0.39, 0.29) is 0 Å². The predicted molar refractivity (Wildman–Crippen MR) is 61.2 cm³/mol. The number of nitrogens with one attached hydrogen (secondary N) is 1. The highest BCUT2D eigenvalue weighted by Gasteiger charge is 2.06. The second-order valence-electron chi connectivity index (χ2n) is 3.87. The molecule has 0 amide bonds. The van der Waals surface area contributed by atoms with Gasteiger partial charge in [-0.05, 0) is 12.8 Å². The summed E-state index contributed by atoms with van der Waals surface area (Å²) in [7, 11) is 0. The number of aromatic nitrogens is 3. The number of hydrogen-bond donors (Lipinski definition) is 1. The Morgan fingerprint density at radius 2 is 2.13 bits per heavy atom. The Hall–Kier alpha value is -1.58. The average molecular weight is 204 g/mol. The SMILES string of the molecule is CCNc1cnc2cnc(C(C)C)cn12. The number of rotatable bonds is 3. The third-order valence-electron chi connectivity index (χ3n) is 2.37. The highest BCUT2D eigenvalue weighted by Crippen LogP contribution is 2.15. The molecule has 2 heterocycles. The maximum absolute atomic E-state index is 4.37. The lowest BCUT2D eigenvalue weighted by molar-refractivity contribution is 0.808. The first-order valence-corrected chi connectivity index (χ1v) is 5.29.